The van der Waals surface area contributed by atoms with Crippen LogP contribution in [0.1, 0.15) is 26.3 Å². The minimum Gasteiger partial charge on any atom is -0.484 e. The van der Waals surface area contributed by atoms with Gasteiger partial charge < -0.3 is 15.4 Å². The topological polar surface area (TPSA) is 67.4 Å². The second-order valence-electron chi connectivity index (χ2n) is 6.88. The van der Waals surface area contributed by atoms with E-state index in [1.807, 2.05) is 52.0 Å². The Bertz CT molecular complexity index is 764. The molecule has 0 fully saturated rings. The van der Waals surface area contributed by atoms with Crippen molar-refractivity contribution >= 4 is 23.2 Å². The fraction of sp³-hybridized carbons (Fsp3) is 0.300. The molecule has 25 heavy (non-hydrogen) atoms. The number of hydrogen-bond acceptors (Lipinski definition) is 3. The van der Waals surface area contributed by atoms with Crippen LogP contribution < -0.4 is 15.4 Å². The van der Waals surface area contributed by atoms with Crippen molar-refractivity contribution in [3.8, 4) is 5.75 Å². The summed E-state index contributed by atoms with van der Waals surface area (Å²) in [6, 6.07) is 14.5. The van der Waals surface area contributed by atoms with Crippen LogP contribution in [0.5, 0.6) is 5.75 Å². The minimum absolute atomic E-state index is 0.0815. The Morgan fingerprint density at radius 2 is 1.72 bits per heavy atom. The van der Waals surface area contributed by atoms with E-state index in [-0.39, 0.29) is 18.4 Å². The first-order chi connectivity index (χ1) is 11.8. The Hall–Kier alpha value is -2.82. The van der Waals surface area contributed by atoms with E-state index in [1.165, 1.54) is 0 Å². The van der Waals surface area contributed by atoms with Gasteiger partial charge in [-0.2, -0.15) is 0 Å². The molecule has 5 heteroatoms. The summed E-state index contributed by atoms with van der Waals surface area (Å²) in [5.41, 5.74) is 1.91. The average Bonchev–Trinajstić information content (AvgIpc) is 2.55. The highest BCUT2D eigenvalue weighted by Crippen LogP contribution is 2.21. The highest BCUT2D eigenvalue weighted by Gasteiger charge is 2.21. The molecule has 0 spiro atoms. The number of ether oxygens (including phenoxy) is 1. The third-order valence-electron chi connectivity index (χ3n) is 3.56. The van der Waals surface area contributed by atoms with Gasteiger partial charge in [0.2, 0.25) is 5.91 Å². The molecule has 0 radical (unpaired) electrons. The lowest BCUT2D eigenvalue weighted by Gasteiger charge is -2.18. The third-order valence-corrected chi connectivity index (χ3v) is 3.56. The SMILES string of the molecule is Cc1ccccc1NC(=O)COc1cccc(NC(=O)C(C)(C)C)c1. The molecular weight excluding hydrogens is 316 g/mol. The van der Waals surface area contributed by atoms with Crippen LogP contribution in [0.2, 0.25) is 0 Å². The Balaban J connectivity index is 1.93. The number of anilines is 2. The molecule has 0 atom stereocenters. The van der Waals surface area contributed by atoms with E-state index >= 15 is 0 Å². The van der Waals surface area contributed by atoms with Gasteiger partial charge in [-0.15, -0.1) is 0 Å². The average molecular weight is 340 g/mol. The number of nitrogens with one attached hydrogen (secondary N) is 2. The van der Waals surface area contributed by atoms with Crippen LogP contribution in [-0.4, -0.2) is 18.4 Å². The predicted molar refractivity (Wildman–Crippen MR) is 99.8 cm³/mol. The summed E-state index contributed by atoms with van der Waals surface area (Å²) in [7, 11) is 0. The van der Waals surface area contributed by atoms with Crippen molar-refractivity contribution < 1.29 is 14.3 Å². The summed E-state index contributed by atoms with van der Waals surface area (Å²) >= 11 is 0. The maximum absolute atomic E-state index is 12.0. The predicted octanol–water partition coefficient (Wildman–Crippen LogP) is 4.00. The number of amides is 2. The molecular formula is C20H24N2O3. The second kappa shape index (κ2) is 7.83. The molecule has 5 nitrogen and oxygen atoms in total. The summed E-state index contributed by atoms with van der Waals surface area (Å²) in [4.78, 5) is 24.1. The van der Waals surface area contributed by atoms with E-state index in [0.29, 0.717) is 11.4 Å². The van der Waals surface area contributed by atoms with Crippen LogP contribution in [0, 0.1) is 12.3 Å². The van der Waals surface area contributed by atoms with Crippen LogP contribution in [0.15, 0.2) is 48.5 Å². The van der Waals surface area contributed by atoms with Gasteiger partial charge in [-0.25, -0.2) is 0 Å². The van der Waals surface area contributed by atoms with Gasteiger partial charge in [0.1, 0.15) is 5.75 Å². The lowest BCUT2D eigenvalue weighted by atomic mass is 9.95. The molecule has 2 N–H and O–H groups in total. The van der Waals surface area contributed by atoms with Crippen molar-refractivity contribution in [1.29, 1.82) is 0 Å². The molecule has 0 aliphatic heterocycles. The Kier molecular flexibility index (Phi) is 5.80. The van der Waals surface area contributed by atoms with E-state index in [4.69, 9.17) is 4.74 Å². The van der Waals surface area contributed by atoms with Crippen LogP contribution in [0.4, 0.5) is 11.4 Å². The van der Waals surface area contributed by atoms with Crippen LogP contribution in [0.3, 0.4) is 0 Å². The lowest BCUT2D eigenvalue weighted by Crippen LogP contribution is -2.27. The van der Waals surface area contributed by atoms with E-state index in [0.717, 1.165) is 11.3 Å². The molecule has 0 aliphatic rings. The van der Waals surface area contributed by atoms with Crippen LogP contribution in [-0.2, 0) is 9.59 Å². The normalized spacial score (nSPS) is 10.9. The molecule has 0 saturated heterocycles. The number of aryl methyl sites for hydroxylation is 1. The molecule has 132 valence electrons. The molecule has 2 aromatic rings. The highest BCUT2D eigenvalue weighted by atomic mass is 16.5. The Morgan fingerprint density at radius 3 is 2.40 bits per heavy atom. The Morgan fingerprint density at radius 1 is 1.00 bits per heavy atom. The van der Waals surface area contributed by atoms with E-state index in [2.05, 4.69) is 10.6 Å². The van der Waals surface area contributed by atoms with Crippen molar-refractivity contribution in [2.24, 2.45) is 5.41 Å². The number of carbonyl (C=O) groups is 2. The first-order valence-corrected chi connectivity index (χ1v) is 8.15. The van der Waals surface area contributed by atoms with Crippen molar-refractivity contribution in [1.82, 2.24) is 0 Å². The maximum atomic E-state index is 12.0. The lowest BCUT2D eigenvalue weighted by molar-refractivity contribution is -0.123. The number of benzene rings is 2. The molecule has 0 aliphatic carbocycles. The molecule has 2 amide bonds. The zero-order valence-corrected chi connectivity index (χ0v) is 15.1. The van der Waals surface area contributed by atoms with Gasteiger partial charge in [0.25, 0.3) is 5.91 Å². The summed E-state index contributed by atoms with van der Waals surface area (Å²) in [6.07, 6.45) is 0. The number of hydrogen-bond donors (Lipinski definition) is 2. The van der Waals surface area contributed by atoms with Gasteiger partial charge in [-0.1, -0.05) is 45.0 Å². The van der Waals surface area contributed by atoms with Gasteiger partial charge in [0, 0.05) is 22.9 Å². The molecule has 0 aromatic heterocycles. The third kappa shape index (κ3) is 5.64. The summed E-state index contributed by atoms with van der Waals surface area (Å²) < 4.78 is 5.52. The first kappa shape index (κ1) is 18.5. The number of para-hydroxylation sites is 1. The standard InChI is InChI=1S/C20H24N2O3/c1-14-8-5-6-11-17(14)22-18(23)13-25-16-10-7-9-15(12-16)21-19(24)20(2,3)4/h5-12H,13H2,1-4H3,(H,21,24)(H,22,23). The molecule has 2 rings (SSSR count). The zero-order valence-electron chi connectivity index (χ0n) is 15.1. The van der Waals surface area contributed by atoms with Gasteiger partial charge in [0.05, 0.1) is 0 Å². The van der Waals surface area contributed by atoms with Crippen molar-refractivity contribution in [2.45, 2.75) is 27.7 Å². The molecule has 0 saturated carbocycles. The summed E-state index contributed by atoms with van der Waals surface area (Å²) in [5.74, 6) is 0.201. The monoisotopic (exact) mass is 340 g/mol. The molecule has 2 aromatic carbocycles. The fourth-order valence-corrected chi connectivity index (χ4v) is 2.03. The Labute approximate surface area is 148 Å². The second-order valence-corrected chi connectivity index (χ2v) is 6.88. The highest BCUT2D eigenvalue weighted by molar-refractivity contribution is 5.95. The minimum atomic E-state index is -0.482. The van der Waals surface area contributed by atoms with Crippen LogP contribution in [0.25, 0.3) is 0 Å². The van der Waals surface area contributed by atoms with Crippen LogP contribution >= 0.6 is 0 Å². The number of carbonyl (C=O) groups excluding carboxylic acids is 2. The first-order valence-electron chi connectivity index (χ1n) is 8.15. The van der Waals surface area contributed by atoms with E-state index in [9.17, 15) is 9.59 Å². The van der Waals surface area contributed by atoms with Crippen molar-refractivity contribution in [3.05, 3.63) is 54.1 Å². The molecule has 0 heterocycles. The smallest absolute Gasteiger partial charge is 0.262 e. The zero-order chi connectivity index (χ0) is 18.4. The quantitative estimate of drug-likeness (QED) is 0.864. The molecule has 0 bridgehead atoms. The van der Waals surface area contributed by atoms with Crippen molar-refractivity contribution in [3.63, 3.8) is 0 Å². The van der Waals surface area contributed by atoms with E-state index < -0.39 is 5.41 Å². The maximum Gasteiger partial charge on any atom is 0.262 e. The summed E-state index contributed by atoms with van der Waals surface area (Å²) in [6.45, 7) is 7.36. The van der Waals surface area contributed by atoms with Gasteiger partial charge in [-0.05, 0) is 30.7 Å². The fourth-order valence-electron chi connectivity index (χ4n) is 2.03. The van der Waals surface area contributed by atoms with Gasteiger partial charge in [-0.3, -0.25) is 9.59 Å². The largest absolute Gasteiger partial charge is 0.484 e. The van der Waals surface area contributed by atoms with Crippen molar-refractivity contribution in [2.75, 3.05) is 17.2 Å². The summed E-state index contributed by atoms with van der Waals surface area (Å²) in [5, 5.41) is 5.65. The van der Waals surface area contributed by atoms with Gasteiger partial charge >= 0.3 is 0 Å². The van der Waals surface area contributed by atoms with E-state index in [1.54, 1.807) is 24.3 Å². The van der Waals surface area contributed by atoms with Gasteiger partial charge in [0.15, 0.2) is 6.61 Å². The number of rotatable bonds is 5. The molecule has 0 unspecified atom stereocenters.